The highest BCUT2D eigenvalue weighted by Gasteiger charge is 2.28. The quantitative estimate of drug-likeness (QED) is 0.714. The van der Waals surface area contributed by atoms with Crippen LogP contribution in [-0.2, 0) is 4.79 Å². The van der Waals surface area contributed by atoms with Gasteiger partial charge in [-0.1, -0.05) is 12.8 Å². The molecule has 0 bridgehead atoms. The number of amides is 1. The highest BCUT2D eigenvalue weighted by Crippen LogP contribution is 2.40. The van der Waals surface area contributed by atoms with Crippen LogP contribution in [0.4, 0.5) is 5.69 Å². The van der Waals surface area contributed by atoms with E-state index < -0.39 is 0 Å². The first-order valence-electron chi connectivity index (χ1n) is 8.16. The lowest BCUT2D eigenvalue weighted by atomic mass is 10.1. The van der Waals surface area contributed by atoms with Crippen LogP contribution in [0.25, 0.3) is 11.1 Å². The zero-order valence-corrected chi connectivity index (χ0v) is 14.0. The predicted octanol–water partition coefficient (Wildman–Crippen LogP) is 3.97. The van der Waals surface area contributed by atoms with Crippen LogP contribution in [-0.4, -0.2) is 17.4 Å². The average molecular weight is 338 g/mol. The first kappa shape index (κ1) is 17.8. The Labute approximate surface area is 142 Å². The molecule has 1 amide bonds. The molecule has 5 nitrogen and oxygen atoms in total. The normalized spacial score (nSPS) is 13.8. The van der Waals surface area contributed by atoms with E-state index in [9.17, 15) is 4.79 Å². The van der Waals surface area contributed by atoms with Gasteiger partial charge in [0.1, 0.15) is 5.52 Å². The fourth-order valence-corrected chi connectivity index (χ4v) is 2.53. The molecule has 0 saturated heterocycles. The molecule has 23 heavy (non-hydrogen) atoms. The number of anilines is 1. The predicted molar refractivity (Wildman–Crippen MR) is 94.0 cm³/mol. The summed E-state index contributed by atoms with van der Waals surface area (Å²) in [6.45, 7) is 0.728. The zero-order valence-electron chi connectivity index (χ0n) is 13.2. The summed E-state index contributed by atoms with van der Waals surface area (Å²) in [5.74, 6) is 1.38. The van der Waals surface area contributed by atoms with E-state index in [1.807, 2.05) is 18.2 Å². The molecule has 1 aromatic carbocycles. The molecular formula is C17H24ClN3O2. The van der Waals surface area contributed by atoms with Gasteiger partial charge in [0.25, 0.3) is 0 Å². The second-order valence-electron chi connectivity index (χ2n) is 6.01. The number of hydrogen-bond acceptors (Lipinski definition) is 4. The topological polar surface area (TPSA) is 81.2 Å². The Morgan fingerprint density at radius 3 is 2.78 bits per heavy atom. The minimum absolute atomic E-state index is 0. The van der Waals surface area contributed by atoms with Crippen LogP contribution in [0, 0.1) is 0 Å². The van der Waals surface area contributed by atoms with Crippen LogP contribution in [0.5, 0.6) is 0 Å². The summed E-state index contributed by atoms with van der Waals surface area (Å²) in [7, 11) is 0. The van der Waals surface area contributed by atoms with Crippen LogP contribution < -0.4 is 11.1 Å². The summed E-state index contributed by atoms with van der Waals surface area (Å²) in [5.41, 5.74) is 7.84. The molecule has 0 spiro atoms. The third-order valence-electron chi connectivity index (χ3n) is 3.97. The van der Waals surface area contributed by atoms with Crippen molar-refractivity contribution in [1.29, 1.82) is 0 Å². The van der Waals surface area contributed by atoms with Crippen LogP contribution >= 0.6 is 12.4 Å². The van der Waals surface area contributed by atoms with E-state index in [1.165, 1.54) is 12.8 Å². The molecule has 2 aromatic rings. The third kappa shape index (κ3) is 4.94. The number of rotatable bonds is 8. The molecule has 0 radical (unpaired) electrons. The second kappa shape index (κ2) is 8.31. The van der Waals surface area contributed by atoms with Gasteiger partial charge in [0, 0.05) is 24.1 Å². The summed E-state index contributed by atoms with van der Waals surface area (Å²) in [6, 6.07) is 5.65. The molecule has 1 fully saturated rings. The summed E-state index contributed by atoms with van der Waals surface area (Å²) >= 11 is 0. The minimum atomic E-state index is 0. The molecule has 3 N–H and O–H groups in total. The fraction of sp³-hybridized carbons (Fsp3) is 0.529. The van der Waals surface area contributed by atoms with Gasteiger partial charge in [-0.15, -0.1) is 12.4 Å². The molecule has 1 saturated carbocycles. The van der Waals surface area contributed by atoms with Crippen molar-refractivity contribution in [3.05, 3.63) is 24.1 Å². The summed E-state index contributed by atoms with van der Waals surface area (Å²) < 4.78 is 5.77. The molecule has 1 aliphatic rings. The number of carbonyl (C=O) groups excluding carboxylic acids is 1. The molecule has 126 valence electrons. The van der Waals surface area contributed by atoms with Crippen molar-refractivity contribution in [1.82, 2.24) is 4.98 Å². The number of halogens is 1. The van der Waals surface area contributed by atoms with E-state index in [-0.39, 0.29) is 18.3 Å². The number of benzene rings is 1. The summed E-state index contributed by atoms with van der Waals surface area (Å²) in [4.78, 5) is 16.4. The number of hydrogen-bond donors (Lipinski definition) is 2. The molecule has 1 aromatic heterocycles. The van der Waals surface area contributed by atoms with Crippen molar-refractivity contribution >= 4 is 35.1 Å². The number of nitrogens with two attached hydrogens (primary N) is 1. The standard InChI is InChI=1S/C17H23N3O2.ClH/c18-10-4-2-1-3-5-16(21)19-13-8-9-14-15(11-13)22-17(20-14)12-6-7-12;/h8-9,11-12H,1-7,10,18H2,(H,19,21);1H. The van der Waals surface area contributed by atoms with Crippen molar-refractivity contribution in [2.45, 2.75) is 50.9 Å². The fourth-order valence-electron chi connectivity index (χ4n) is 2.53. The van der Waals surface area contributed by atoms with E-state index in [1.54, 1.807) is 0 Å². The summed E-state index contributed by atoms with van der Waals surface area (Å²) in [5, 5.41) is 2.93. The van der Waals surface area contributed by atoms with Gasteiger partial charge in [0.15, 0.2) is 11.5 Å². The van der Waals surface area contributed by atoms with Gasteiger partial charge < -0.3 is 15.5 Å². The van der Waals surface area contributed by atoms with Gasteiger partial charge in [0.05, 0.1) is 0 Å². The van der Waals surface area contributed by atoms with Crippen LogP contribution in [0.15, 0.2) is 22.6 Å². The monoisotopic (exact) mass is 337 g/mol. The van der Waals surface area contributed by atoms with Crippen molar-refractivity contribution in [2.75, 3.05) is 11.9 Å². The number of fused-ring (bicyclic) bond motifs is 1. The molecule has 1 heterocycles. The van der Waals surface area contributed by atoms with Gasteiger partial charge in [-0.3, -0.25) is 4.79 Å². The van der Waals surface area contributed by atoms with Gasteiger partial charge in [-0.25, -0.2) is 4.98 Å². The minimum Gasteiger partial charge on any atom is -0.440 e. The smallest absolute Gasteiger partial charge is 0.224 e. The molecular weight excluding hydrogens is 314 g/mol. The zero-order chi connectivity index (χ0) is 15.4. The van der Waals surface area contributed by atoms with Crippen molar-refractivity contribution < 1.29 is 9.21 Å². The van der Waals surface area contributed by atoms with E-state index in [4.69, 9.17) is 10.2 Å². The van der Waals surface area contributed by atoms with Gasteiger partial charge >= 0.3 is 0 Å². The Kier molecular flexibility index (Phi) is 6.42. The first-order valence-corrected chi connectivity index (χ1v) is 8.16. The van der Waals surface area contributed by atoms with Gasteiger partial charge in [-0.05, 0) is 44.4 Å². The van der Waals surface area contributed by atoms with Crippen molar-refractivity contribution in [3.8, 4) is 0 Å². The molecule has 1 aliphatic carbocycles. The van der Waals surface area contributed by atoms with E-state index in [0.717, 1.165) is 54.9 Å². The Hall–Kier alpha value is -1.59. The number of nitrogens with zero attached hydrogens (tertiary/aromatic N) is 1. The molecule has 6 heteroatoms. The average Bonchev–Trinajstić information content (AvgIpc) is 3.27. The molecule has 0 unspecified atom stereocenters. The maximum Gasteiger partial charge on any atom is 0.224 e. The lowest BCUT2D eigenvalue weighted by Gasteiger charge is -2.04. The lowest BCUT2D eigenvalue weighted by Crippen LogP contribution is -2.11. The molecule has 0 aliphatic heterocycles. The Bertz CT molecular complexity index is 652. The molecule has 3 rings (SSSR count). The van der Waals surface area contributed by atoms with Gasteiger partial charge in [-0.2, -0.15) is 0 Å². The van der Waals surface area contributed by atoms with Crippen LogP contribution in [0.1, 0.15) is 56.8 Å². The third-order valence-corrected chi connectivity index (χ3v) is 3.97. The van der Waals surface area contributed by atoms with Crippen molar-refractivity contribution in [2.24, 2.45) is 5.73 Å². The van der Waals surface area contributed by atoms with E-state index in [0.29, 0.717) is 12.3 Å². The summed E-state index contributed by atoms with van der Waals surface area (Å²) in [6.07, 6.45) is 6.97. The Balaban J connectivity index is 0.00000192. The van der Waals surface area contributed by atoms with Crippen LogP contribution in [0.2, 0.25) is 0 Å². The number of carbonyl (C=O) groups is 1. The number of aromatic nitrogens is 1. The molecule has 0 atom stereocenters. The lowest BCUT2D eigenvalue weighted by molar-refractivity contribution is -0.116. The maximum atomic E-state index is 11.9. The number of unbranched alkanes of at least 4 members (excludes halogenated alkanes) is 3. The second-order valence-corrected chi connectivity index (χ2v) is 6.01. The van der Waals surface area contributed by atoms with Crippen molar-refractivity contribution in [3.63, 3.8) is 0 Å². The SMILES string of the molecule is Cl.NCCCCCCC(=O)Nc1ccc2nc(C3CC3)oc2c1. The number of oxazole rings is 1. The number of nitrogens with one attached hydrogen (secondary N) is 1. The highest BCUT2D eigenvalue weighted by molar-refractivity contribution is 5.92. The highest BCUT2D eigenvalue weighted by atomic mass is 35.5. The first-order chi connectivity index (χ1) is 10.8. The van der Waals surface area contributed by atoms with E-state index in [2.05, 4.69) is 10.3 Å². The maximum absolute atomic E-state index is 11.9. The Morgan fingerprint density at radius 1 is 1.26 bits per heavy atom. The Morgan fingerprint density at radius 2 is 2.04 bits per heavy atom. The van der Waals surface area contributed by atoms with Gasteiger partial charge in [0.2, 0.25) is 5.91 Å². The van der Waals surface area contributed by atoms with Crippen LogP contribution in [0.3, 0.4) is 0 Å². The largest absolute Gasteiger partial charge is 0.440 e. The van der Waals surface area contributed by atoms with E-state index >= 15 is 0 Å².